The minimum Gasteiger partial charge on any atom is -0.496 e. The van der Waals surface area contributed by atoms with E-state index >= 15 is 0 Å². The van der Waals surface area contributed by atoms with Crippen LogP contribution in [0.15, 0.2) is 71.6 Å². The molecule has 9 nitrogen and oxygen atoms in total. The van der Waals surface area contributed by atoms with E-state index in [2.05, 4.69) is 21.4 Å². The van der Waals surface area contributed by atoms with Crippen LogP contribution in [0.2, 0.25) is 0 Å². The first-order valence-corrected chi connectivity index (χ1v) is 13.8. The highest BCUT2D eigenvalue weighted by molar-refractivity contribution is 7.89. The van der Waals surface area contributed by atoms with E-state index in [1.807, 2.05) is 39.0 Å². The first-order valence-electron chi connectivity index (χ1n) is 12.3. The molecular formula is C30H30N2O7S. The first kappa shape index (κ1) is 28.6. The summed E-state index contributed by atoms with van der Waals surface area (Å²) in [4.78, 5) is 22.2. The zero-order valence-corrected chi connectivity index (χ0v) is 23.6. The minimum atomic E-state index is -3.81. The molecule has 0 unspecified atom stereocenters. The molecule has 0 saturated carbocycles. The van der Waals surface area contributed by atoms with Crippen molar-refractivity contribution in [2.75, 3.05) is 14.2 Å². The number of methoxy groups -OCH3 is 2. The summed E-state index contributed by atoms with van der Waals surface area (Å²) in [5.74, 6) is 0.965. The molecule has 2 heterocycles. The molecule has 3 aromatic rings. The molecule has 40 heavy (non-hydrogen) atoms. The monoisotopic (exact) mass is 562 g/mol. The third-order valence-electron chi connectivity index (χ3n) is 6.11. The molecule has 2 aliphatic heterocycles. The Hall–Kier alpha value is -4.41. The van der Waals surface area contributed by atoms with E-state index in [9.17, 15) is 18.0 Å². The SMILES string of the molecule is CC(C)(C)OC=O.COc1cc(OC)c(-c2c3c4ccccc4n2-3)cc1/C=C/C(=O)c1ccc(S(N)(=O)=O)cc1. The van der Waals surface area contributed by atoms with E-state index in [0.29, 0.717) is 29.1 Å². The summed E-state index contributed by atoms with van der Waals surface area (Å²) >= 11 is 0. The van der Waals surface area contributed by atoms with Crippen LogP contribution < -0.4 is 14.6 Å². The zero-order valence-electron chi connectivity index (χ0n) is 22.8. The Labute approximate surface area is 232 Å². The molecule has 0 radical (unpaired) electrons. The number of primary sulfonamides is 1. The molecule has 0 fully saturated rings. The van der Waals surface area contributed by atoms with Crippen LogP contribution in [0.3, 0.4) is 0 Å². The normalized spacial score (nSPS) is 12.1. The molecule has 2 N–H and O–H groups in total. The molecule has 208 valence electrons. The highest BCUT2D eigenvalue weighted by Crippen LogP contribution is 2.54. The summed E-state index contributed by atoms with van der Waals surface area (Å²) in [5.41, 5.74) is 5.07. The predicted molar refractivity (Wildman–Crippen MR) is 153 cm³/mol. The number of sulfonamides is 1. The topological polar surface area (TPSA) is 127 Å². The van der Waals surface area contributed by atoms with Gasteiger partial charge in [0.1, 0.15) is 17.1 Å². The third kappa shape index (κ3) is 5.93. The van der Waals surface area contributed by atoms with Crippen molar-refractivity contribution >= 4 is 39.3 Å². The van der Waals surface area contributed by atoms with Crippen molar-refractivity contribution in [3.8, 4) is 28.4 Å². The molecule has 0 aromatic heterocycles. The molecule has 0 amide bonds. The standard InChI is InChI=1S/C25H20N2O5S.C5H10O2/c1-31-22-14-23(32-2)19(25-24-18-5-3-4-6-20(18)27(24)25)13-16(22)9-12-21(28)15-7-10-17(11-8-15)33(26,29)30;1-5(2,3)7-4-6/h3-14H,1-2H3,(H2,26,29,30);4H,1-3H3/b12-9+;. The average Bonchev–Trinajstić information content (AvgIpc) is 3.57. The highest BCUT2D eigenvalue weighted by Gasteiger charge is 2.35. The van der Waals surface area contributed by atoms with Gasteiger partial charge >= 0.3 is 0 Å². The number of para-hydroxylation sites is 1. The molecule has 0 saturated heterocycles. The number of hydrogen-bond acceptors (Lipinski definition) is 7. The Kier molecular flexibility index (Phi) is 7.86. The van der Waals surface area contributed by atoms with Gasteiger partial charge in [-0.25, -0.2) is 13.6 Å². The number of ether oxygens (including phenoxy) is 3. The van der Waals surface area contributed by atoms with Gasteiger partial charge in [-0.2, -0.15) is 0 Å². The lowest BCUT2D eigenvalue weighted by Gasteiger charge is -2.14. The number of nitrogens with zero attached hydrogens (tertiary/aromatic N) is 1. The smallest absolute Gasteiger partial charge is 0.293 e. The van der Waals surface area contributed by atoms with E-state index in [1.165, 1.54) is 41.4 Å². The minimum absolute atomic E-state index is 0.0471. The quantitative estimate of drug-likeness (QED) is 0.158. The van der Waals surface area contributed by atoms with Crippen LogP contribution in [0.4, 0.5) is 0 Å². The van der Waals surface area contributed by atoms with Crippen molar-refractivity contribution in [3.05, 3.63) is 77.9 Å². The number of ketones is 1. The molecule has 0 aliphatic carbocycles. The van der Waals surface area contributed by atoms with Crippen LogP contribution in [0.1, 0.15) is 36.7 Å². The van der Waals surface area contributed by atoms with Gasteiger partial charge in [0, 0.05) is 28.1 Å². The molecule has 2 aliphatic rings. The average molecular weight is 563 g/mol. The summed E-state index contributed by atoms with van der Waals surface area (Å²) in [6.07, 6.45) is 3.10. The lowest BCUT2D eigenvalue weighted by molar-refractivity contribution is -0.138. The highest BCUT2D eigenvalue weighted by atomic mass is 32.2. The van der Waals surface area contributed by atoms with Gasteiger partial charge in [0.25, 0.3) is 6.47 Å². The van der Waals surface area contributed by atoms with Crippen molar-refractivity contribution in [1.29, 1.82) is 0 Å². The number of aromatic nitrogens is 1. The summed E-state index contributed by atoms with van der Waals surface area (Å²) in [5, 5.41) is 6.32. The lowest BCUT2D eigenvalue weighted by atomic mass is 10.0. The van der Waals surface area contributed by atoms with Crippen LogP contribution in [-0.2, 0) is 19.6 Å². The van der Waals surface area contributed by atoms with Crippen molar-refractivity contribution in [3.63, 3.8) is 0 Å². The number of rotatable bonds is 8. The maximum absolute atomic E-state index is 12.6. The van der Waals surface area contributed by atoms with E-state index < -0.39 is 10.0 Å². The molecule has 0 atom stereocenters. The van der Waals surface area contributed by atoms with Gasteiger partial charge in [0.05, 0.1) is 36.0 Å². The molecule has 0 spiro atoms. The molecule has 5 rings (SSSR count). The second-order valence-electron chi connectivity index (χ2n) is 9.94. The second kappa shape index (κ2) is 11.0. The summed E-state index contributed by atoms with van der Waals surface area (Å²) in [6.45, 7) is 5.92. The number of benzene rings is 3. The van der Waals surface area contributed by atoms with Gasteiger partial charge in [-0.1, -0.05) is 18.2 Å². The lowest BCUT2D eigenvalue weighted by Crippen LogP contribution is -2.17. The van der Waals surface area contributed by atoms with Crippen molar-refractivity contribution in [1.82, 2.24) is 4.57 Å². The van der Waals surface area contributed by atoms with Crippen LogP contribution in [-0.4, -0.2) is 45.1 Å². The summed E-state index contributed by atoms with van der Waals surface area (Å²) in [7, 11) is -0.644. The van der Waals surface area contributed by atoms with Crippen molar-refractivity contribution in [2.24, 2.45) is 5.14 Å². The fraction of sp³-hybridized carbons (Fsp3) is 0.200. The number of fused-ring (bicyclic) bond motifs is 4. The predicted octanol–water partition coefficient (Wildman–Crippen LogP) is 5.13. The van der Waals surface area contributed by atoms with E-state index in [0.717, 1.165) is 16.8 Å². The fourth-order valence-electron chi connectivity index (χ4n) is 4.17. The van der Waals surface area contributed by atoms with Crippen LogP contribution >= 0.6 is 0 Å². The molecule has 10 heteroatoms. The van der Waals surface area contributed by atoms with Crippen molar-refractivity contribution < 1.29 is 32.2 Å². The molecule has 0 bridgehead atoms. The van der Waals surface area contributed by atoms with Gasteiger partial charge in [0.2, 0.25) is 10.0 Å². The van der Waals surface area contributed by atoms with Crippen LogP contribution in [0, 0.1) is 0 Å². The van der Waals surface area contributed by atoms with Crippen molar-refractivity contribution in [2.45, 2.75) is 31.3 Å². The molecule has 3 aromatic carbocycles. The van der Waals surface area contributed by atoms with Gasteiger partial charge < -0.3 is 18.8 Å². The van der Waals surface area contributed by atoms with Crippen LogP contribution in [0.5, 0.6) is 11.5 Å². The van der Waals surface area contributed by atoms with Gasteiger partial charge in [-0.05, 0) is 69.3 Å². The number of hydrogen-bond donors (Lipinski definition) is 1. The summed E-state index contributed by atoms with van der Waals surface area (Å²) in [6, 6.07) is 17.4. The Balaban J connectivity index is 0.000000470. The largest absolute Gasteiger partial charge is 0.496 e. The Morgan fingerprint density at radius 3 is 2.12 bits per heavy atom. The van der Waals surface area contributed by atoms with Gasteiger partial charge in [-0.3, -0.25) is 9.59 Å². The summed E-state index contributed by atoms with van der Waals surface area (Å²) < 4.78 is 40.7. The van der Waals surface area contributed by atoms with Gasteiger partial charge in [-0.15, -0.1) is 0 Å². The number of carbonyl (C=O) groups is 2. The Morgan fingerprint density at radius 2 is 1.60 bits per heavy atom. The Bertz CT molecular complexity index is 1690. The number of nitrogens with two attached hydrogens (primary N) is 1. The fourth-order valence-corrected chi connectivity index (χ4v) is 4.69. The second-order valence-corrected chi connectivity index (χ2v) is 11.5. The van der Waals surface area contributed by atoms with Gasteiger partial charge in [0.15, 0.2) is 5.78 Å². The maximum atomic E-state index is 12.6. The van der Waals surface area contributed by atoms with E-state index in [4.69, 9.17) is 14.6 Å². The number of allylic oxidation sites excluding steroid dienone is 1. The van der Waals surface area contributed by atoms with E-state index in [-0.39, 0.29) is 16.3 Å². The number of carbonyl (C=O) groups excluding carboxylic acids is 2. The maximum Gasteiger partial charge on any atom is 0.293 e. The molecular weight excluding hydrogens is 532 g/mol. The Morgan fingerprint density at radius 1 is 0.950 bits per heavy atom. The van der Waals surface area contributed by atoms with E-state index in [1.54, 1.807) is 26.4 Å². The van der Waals surface area contributed by atoms with Crippen LogP contribution in [0.25, 0.3) is 33.9 Å². The zero-order chi connectivity index (χ0) is 29.2. The third-order valence-corrected chi connectivity index (χ3v) is 7.04. The first-order chi connectivity index (χ1) is 18.9.